The zero-order valence-corrected chi connectivity index (χ0v) is 15.0. The molecule has 114 valence electrons. The number of halogens is 1. The van der Waals surface area contributed by atoms with Crippen LogP contribution in [0.3, 0.4) is 0 Å². The first-order chi connectivity index (χ1) is 9.07. The maximum Gasteiger partial charge on any atom is 0.147 e. The molecule has 1 aromatic carbocycles. The molecule has 0 aliphatic heterocycles. The van der Waals surface area contributed by atoms with Crippen LogP contribution in [0, 0.1) is 0 Å². The highest BCUT2D eigenvalue weighted by atomic mass is 79.9. The molecule has 0 fully saturated rings. The van der Waals surface area contributed by atoms with Gasteiger partial charge in [0.05, 0.1) is 5.75 Å². The minimum atomic E-state index is -2.93. The molecule has 1 aromatic rings. The van der Waals surface area contributed by atoms with Gasteiger partial charge in [-0.2, -0.15) is 0 Å². The van der Waals surface area contributed by atoms with Gasteiger partial charge in [-0.05, 0) is 50.8 Å². The Balaban J connectivity index is 2.80. The largest absolute Gasteiger partial charge is 0.311 e. The Bertz CT molecular complexity index is 518. The van der Waals surface area contributed by atoms with E-state index in [4.69, 9.17) is 0 Å². The summed E-state index contributed by atoms with van der Waals surface area (Å²) in [6.07, 6.45) is 1.94. The summed E-state index contributed by atoms with van der Waals surface area (Å²) in [4.78, 5) is 0. The van der Waals surface area contributed by atoms with Gasteiger partial charge in [0.15, 0.2) is 0 Å². The molecular weight excluding hydrogens is 338 g/mol. The van der Waals surface area contributed by atoms with Crippen LogP contribution in [-0.4, -0.2) is 32.5 Å². The highest BCUT2D eigenvalue weighted by Crippen LogP contribution is 2.22. The molecule has 0 aromatic heterocycles. The van der Waals surface area contributed by atoms with Gasteiger partial charge in [-0.1, -0.05) is 28.1 Å². The molecule has 3 nitrogen and oxygen atoms in total. The molecule has 0 saturated heterocycles. The quantitative estimate of drug-likeness (QED) is 0.844. The van der Waals surface area contributed by atoms with E-state index in [0.717, 1.165) is 11.0 Å². The van der Waals surface area contributed by atoms with Crippen LogP contribution < -0.4 is 5.32 Å². The average Bonchev–Trinajstić information content (AvgIpc) is 2.28. The molecule has 1 N–H and O–H groups in total. The normalized spacial score (nSPS) is 14.2. The van der Waals surface area contributed by atoms with Gasteiger partial charge in [0.1, 0.15) is 9.84 Å². The van der Waals surface area contributed by atoms with Crippen LogP contribution in [-0.2, 0) is 9.84 Å². The molecule has 0 aliphatic rings. The van der Waals surface area contributed by atoms with Gasteiger partial charge in [-0.15, -0.1) is 0 Å². The second-order valence-corrected chi connectivity index (χ2v) is 9.47. The fourth-order valence-corrected chi connectivity index (χ4v) is 2.88. The van der Waals surface area contributed by atoms with Crippen LogP contribution in [0.15, 0.2) is 28.7 Å². The lowest BCUT2D eigenvalue weighted by atomic mass is 9.95. The van der Waals surface area contributed by atoms with E-state index in [-0.39, 0.29) is 17.2 Å². The molecule has 20 heavy (non-hydrogen) atoms. The Hall–Kier alpha value is -0.390. The van der Waals surface area contributed by atoms with E-state index in [1.54, 1.807) is 0 Å². The van der Waals surface area contributed by atoms with Crippen molar-refractivity contribution in [2.75, 3.05) is 18.6 Å². The van der Waals surface area contributed by atoms with Crippen LogP contribution in [0.4, 0.5) is 0 Å². The van der Waals surface area contributed by atoms with Crippen molar-refractivity contribution in [3.05, 3.63) is 34.3 Å². The van der Waals surface area contributed by atoms with Crippen LogP contribution in [0.25, 0.3) is 0 Å². The summed E-state index contributed by atoms with van der Waals surface area (Å²) in [5.41, 5.74) is 1.20. The lowest BCUT2D eigenvalue weighted by molar-refractivity contribution is 0.403. The molecule has 0 amide bonds. The smallest absolute Gasteiger partial charge is 0.147 e. The Morgan fingerprint density at radius 3 is 2.20 bits per heavy atom. The van der Waals surface area contributed by atoms with E-state index in [1.165, 1.54) is 11.8 Å². The molecule has 1 unspecified atom stereocenters. The summed E-state index contributed by atoms with van der Waals surface area (Å²) in [5.74, 6) is 0.427. The molecule has 0 saturated carbocycles. The Labute approximate surface area is 131 Å². The first-order valence-corrected chi connectivity index (χ1v) is 9.60. The summed E-state index contributed by atoms with van der Waals surface area (Å²) in [6, 6.07) is 8.11. The SMILES string of the molecule is CC(C)(C)NCC(CCS(C)(=O)=O)c1ccc(Br)cc1. The molecule has 5 heteroatoms. The molecule has 0 radical (unpaired) electrons. The van der Waals surface area contributed by atoms with Crippen molar-refractivity contribution < 1.29 is 8.42 Å². The maximum absolute atomic E-state index is 11.4. The van der Waals surface area contributed by atoms with Crippen molar-refractivity contribution in [2.24, 2.45) is 0 Å². The summed E-state index contributed by atoms with van der Waals surface area (Å²) in [7, 11) is -2.93. The third kappa shape index (κ3) is 7.41. The minimum Gasteiger partial charge on any atom is -0.311 e. The van der Waals surface area contributed by atoms with Gasteiger partial charge in [-0.25, -0.2) is 8.42 Å². The summed E-state index contributed by atoms with van der Waals surface area (Å²) < 4.78 is 23.8. The Morgan fingerprint density at radius 2 is 1.75 bits per heavy atom. The number of hydrogen-bond acceptors (Lipinski definition) is 3. The molecule has 1 atom stereocenters. The lowest BCUT2D eigenvalue weighted by Crippen LogP contribution is -2.38. The third-order valence-corrected chi connectivity index (χ3v) is 4.56. The number of rotatable bonds is 6. The van der Waals surface area contributed by atoms with E-state index >= 15 is 0 Å². The van der Waals surface area contributed by atoms with E-state index in [2.05, 4.69) is 54.2 Å². The number of hydrogen-bond donors (Lipinski definition) is 1. The van der Waals surface area contributed by atoms with Crippen molar-refractivity contribution in [1.82, 2.24) is 5.32 Å². The standard InChI is InChI=1S/C15H24BrNO2S/c1-15(2,3)17-11-13(9-10-20(4,18)19)12-5-7-14(16)8-6-12/h5-8,13,17H,9-11H2,1-4H3. The predicted octanol–water partition coefficient (Wildman–Crippen LogP) is 3.36. The van der Waals surface area contributed by atoms with Crippen LogP contribution >= 0.6 is 15.9 Å². The van der Waals surface area contributed by atoms with Gasteiger partial charge in [-0.3, -0.25) is 0 Å². The monoisotopic (exact) mass is 361 g/mol. The van der Waals surface area contributed by atoms with Crippen molar-refractivity contribution in [3.63, 3.8) is 0 Å². The molecule has 0 bridgehead atoms. The second-order valence-electron chi connectivity index (χ2n) is 6.30. The van der Waals surface area contributed by atoms with Crippen molar-refractivity contribution >= 4 is 25.8 Å². The first kappa shape index (κ1) is 17.7. The minimum absolute atomic E-state index is 0.0265. The molecular formula is C15H24BrNO2S. The Morgan fingerprint density at radius 1 is 1.20 bits per heavy atom. The van der Waals surface area contributed by atoms with Gasteiger partial charge in [0.25, 0.3) is 0 Å². The van der Waals surface area contributed by atoms with Gasteiger partial charge in [0, 0.05) is 22.8 Å². The van der Waals surface area contributed by atoms with Gasteiger partial charge >= 0.3 is 0 Å². The molecule has 0 spiro atoms. The van der Waals surface area contributed by atoms with E-state index in [0.29, 0.717) is 6.42 Å². The topological polar surface area (TPSA) is 46.2 Å². The third-order valence-electron chi connectivity index (χ3n) is 3.06. The van der Waals surface area contributed by atoms with Crippen molar-refractivity contribution in [1.29, 1.82) is 0 Å². The average molecular weight is 362 g/mol. The van der Waals surface area contributed by atoms with E-state index in [9.17, 15) is 8.42 Å². The zero-order valence-electron chi connectivity index (χ0n) is 12.6. The molecule has 1 rings (SSSR count). The zero-order chi connectivity index (χ0) is 15.4. The number of nitrogens with one attached hydrogen (secondary N) is 1. The van der Waals surface area contributed by atoms with Crippen molar-refractivity contribution in [2.45, 2.75) is 38.6 Å². The van der Waals surface area contributed by atoms with Gasteiger partial charge in [0.2, 0.25) is 0 Å². The Kier molecular flexibility index (Phi) is 6.23. The molecule has 0 aliphatic carbocycles. The van der Waals surface area contributed by atoms with Gasteiger partial charge < -0.3 is 5.32 Å². The highest BCUT2D eigenvalue weighted by Gasteiger charge is 2.17. The van der Waals surface area contributed by atoms with Crippen LogP contribution in [0.5, 0.6) is 0 Å². The maximum atomic E-state index is 11.4. The van der Waals surface area contributed by atoms with Crippen LogP contribution in [0.2, 0.25) is 0 Å². The fourth-order valence-electron chi connectivity index (χ4n) is 1.91. The number of benzene rings is 1. The summed E-state index contributed by atoms with van der Waals surface area (Å²) >= 11 is 3.42. The first-order valence-electron chi connectivity index (χ1n) is 6.75. The highest BCUT2D eigenvalue weighted by molar-refractivity contribution is 9.10. The fraction of sp³-hybridized carbons (Fsp3) is 0.600. The molecule has 0 heterocycles. The summed E-state index contributed by atoms with van der Waals surface area (Å²) in [5, 5.41) is 3.46. The van der Waals surface area contributed by atoms with Crippen molar-refractivity contribution in [3.8, 4) is 0 Å². The summed E-state index contributed by atoms with van der Waals surface area (Å²) in [6.45, 7) is 7.12. The van der Waals surface area contributed by atoms with E-state index in [1.807, 2.05) is 12.1 Å². The van der Waals surface area contributed by atoms with Crippen LogP contribution in [0.1, 0.15) is 38.7 Å². The predicted molar refractivity (Wildman–Crippen MR) is 89.0 cm³/mol. The second kappa shape index (κ2) is 7.05. The van der Waals surface area contributed by atoms with E-state index < -0.39 is 9.84 Å². The lowest BCUT2D eigenvalue weighted by Gasteiger charge is -2.25. The number of sulfone groups is 1.